The number of aliphatic carboxylic acids is 2. The number of aromatic nitrogens is 1. The number of hydrogen-bond acceptors (Lipinski definition) is 6. The Morgan fingerprint density at radius 3 is 1.91 bits per heavy atom. The maximum absolute atomic E-state index is 13.5. The molecular weight excluding hydrogens is 558 g/mol. The molecule has 0 saturated heterocycles. The van der Waals surface area contributed by atoms with Gasteiger partial charge in [-0.1, -0.05) is 63.6 Å². The number of carboxylic acids is 2. The lowest BCUT2D eigenvalue weighted by atomic mass is 10.0. The number of aromatic amines is 1. The first-order chi connectivity index (χ1) is 20.5. The van der Waals surface area contributed by atoms with Crippen LogP contribution in [0.5, 0.6) is 0 Å². The van der Waals surface area contributed by atoms with Crippen LogP contribution >= 0.6 is 0 Å². The zero-order valence-electron chi connectivity index (χ0n) is 24.7. The quantitative estimate of drug-likeness (QED) is 0.111. The molecule has 1 heterocycles. The zero-order chi connectivity index (χ0) is 31.8. The molecule has 13 heteroatoms. The average molecular weight is 602 g/mol. The Labute approximate surface area is 250 Å². The number of hydrogen-bond donors (Lipinski definition) is 7. The van der Waals surface area contributed by atoms with Crippen molar-refractivity contribution >= 4 is 46.5 Å². The van der Waals surface area contributed by atoms with E-state index in [1.165, 1.54) is 13.5 Å². The maximum Gasteiger partial charge on any atom is 0.305 e. The minimum absolute atomic E-state index is 0.0555. The van der Waals surface area contributed by atoms with Gasteiger partial charge in [0.2, 0.25) is 23.6 Å². The van der Waals surface area contributed by atoms with Crippen LogP contribution in [0.4, 0.5) is 0 Å². The molecule has 0 aliphatic carbocycles. The summed E-state index contributed by atoms with van der Waals surface area (Å²) in [5.41, 5.74) is 1.56. The van der Waals surface area contributed by atoms with Gasteiger partial charge in [-0.2, -0.15) is 0 Å². The number of para-hydroxylation sites is 1. The van der Waals surface area contributed by atoms with Gasteiger partial charge >= 0.3 is 11.9 Å². The molecule has 13 nitrogen and oxygen atoms in total. The molecule has 7 N–H and O–H groups in total. The molecule has 0 radical (unpaired) electrons. The van der Waals surface area contributed by atoms with Crippen molar-refractivity contribution in [2.45, 2.75) is 95.7 Å². The third-order valence-electron chi connectivity index (χ3n) is 7.03. The van der Waals surface area contributed by atoms with Gasteiger partial charge < -0.3 is 36.5 Å². The normalized spacial score (nSPS) is 13.0. The Kier molecular flexibility index (Phi) is 14.7. The van der Waals surface area contributed by atoms with E-state index in [9.17, 15) is 33.9 Å². The van der Waals surface area contributed by atoms with Gasteiger partial charge in [-0.3, -0.25) is 28.8 Å². The van der Waals surface area contributed by atoms with Gasteiger partial charge in [-0.05, 0) is 18.1 Å². The Bertz CT molecular complexity index is 1260. The summed E-state index contributed by atoms with van der Waals surface area (Å²) in [7, 11) is 1.25. The van der Waals surface area contributed by atoms with Crippen molar-refractivity contribution in [1.82, 2.24) is 26.3 Å². The van der Waals surface area contributed by atoms with E-state index in [0.29, 0.717) is 6.42 Å². The van der Waals surface area contributed by atoms with E-state index in [2.05, 4.69) is 33.2 Å². The number of H-pyrrole nitrogens is 1. The highest BCUT2D eigenvalue weighted by Gasteiger charge is 2.32. The highest BCUT2D eigenvalue weighted by atomic mass is 16.4. The van der Waals surface area contributed by atoms with Gasteiger partial charge in [0.1, 0.15) is 18.1 Å². The van der Waals surface area contributed by atoms with Gasteiger partial charge in [0.05, 0.1) is 12.8 Å². The summed E-state index contributed by atoms with van der Waals surface area (Å²) in [6.07, 6.45) is 7.50. The predicted molar refractivity (Wildman–Crippen MR) is 159 cm³/mol. The van der Waals surface area contributed by atoms with Crippen LogP contribution in [0.2, 0.25) is 0 Å². The highest BCUT2D eigenvalue weighted by molar-refractivity contribution is 5.97. The number of carbonyl (C=O) groups excluding carboxylic acids is 4. The molecule has 3 unspecified atom stereocenters. The lowest BCUT2D eigenvalue weighted by Gasteiger charge is -2.24. The number of nitrogens with one attached hydrogen (secondary N) is 5. The largest absolute Gasteiger partial charge is 0.481 e. The van der Waals surface area contributed by atoms with Crippen LogP contribution in [-0.2, 0) is 35.2 Å². The summed E-state index contributed by atoms with van der Waals surface area (Å²) >= 11 is 0. The van der Waals surface area contributed by atoms with E-state index in [-0.39, 0.29) is 18.7 Å². The molecule has 2 rings (SSSR count). The molecule has 0 aliphatic heterocycles. The smallest absolute Gasteiger partial charge is 0.305 e. The molecule has 0 fully saturated rings. The molecule has 0 aliphatic rings. The third kappa shape index (κ3) is 12.1. The standard InChI is InChI=1S/C30H43N5O8/c1-3-4-5-6-7-8-9-14-25(36)33-22(15-19-18-32-21-13-11-10-12-20(19)21)29(42)35-24(17-27(39)40)30(43)34-23(16-26(37)38)28(41)31-2/h10-13,18,22-24,32H,3-9,14-17H2,1-2H3,(H,31,41)(H,33,36)(H,34,43)(H,35,42)(H,37,38)(H,39,40). The van der Waals surface area contributed by atoms with Crippen LogP contribution in [0.25, 0.3) is 10.9 Å². The predicted octanol–water partition coefficient (Wildman–Crippen LogP) is 2.00. The lowest BCUT2D eigenvalue weighted by Crippen LogP contribution is -2.57. The van der Waals surface area contributed by atoms with E-state index < -0.39 is 60.6 Å². The van der Waals surface area contributed by atoms with Crippen molar-refractivity contribution in [2.75, 3.05) is 7.05 Å². The fourth-order valence-electron chi connectivity index (χ4n) is 4.73. The Morgan fingerprint density at radius 1 is 0.744 bits per heavy atom. The van der Waals surface area contributed by atoms with Crippen molar-refractivity contribution in [3.05, 3.63) is 36.0 Å². The van der Waals surface area contributed by atoms with E-state index in [4.69, 9.17) is 5.11 Å². The molecule has 3 atom stereocenters. The van der Waals surface area contributed by atoms with Crippen LogP contribution in [0.3, 0.4) is 0 Å². The summed E-state index contributed by atoms with van der Waals surface area (Å²) in [6.45, 7) is 2.14. The molecule has 1 aromatic carbocycles. The van der Waals surface area contributed by atoms with Crippen molar-refractivity contribution in [3.8, 4) is 0 Å². The van der Waals surface area contributed by atoms with Crippen LogP contribution in [0.15, 0.2) is 30.5 Å². The number of fused-ring (bicyclic) bond motifs is 1. The number of carbonyl (C=O) groups is 6. The van der Waals surface area contributed by atoms with Crippen LogP contribution in [-0.4, -0.2) is 75.9 Å². The second-order valence-corrected chi connectivity index (χ2v) is 10.5. The summed E-state index contributed by atoms with van der Waals surface area (Å²) in [6, 6.07) is 3.12. The average Bonchev–Trinajstić information content (AvgIpc) is 3.37. The summed E-state index contributed by atoms with van der Waals surface area (Å²) in [4.78, 5) is 77.3. The first kappa shape index (κ1) is 34.8. The van der Waals surface area contributed by atoms with Gasteiger partial charge in [0.25, 0.3) is 0 Å². The molecule has 4 amide bonds. The van der Waals surface area contributed by atoms with Crippen LogP contribution in [0, 0.1) is 0 Å². The molecule has 236 valence electrons. The summed E-state index contributed by atoms with van der Waals surface area (Å²) in [5.74, 6) is -5.78. The van der Waals surface area contributed by atoms with Gasteiger partial charge in [0, 0.05) is 37.0 Å². The minimum atomic E-state index is -1.64. The van der Waals surface area contributed by atoms with E-state index in [0.717, 1.165) is 48.6 Å². The molecule has 2 aromatic rings. The van der Waals surface area contributed by atoms with Gasteiger partial charge in [-0.25, -0.2) is 0 Å². The van der Waals surface area contributed by atoms with Crippen molar-refractivity contribution in [1.29, 1.82) is 0 Å². The second kappa shape index (κ2) is 18.2. The van der Waals surface area contributed by atoms with E-state index in [1.54, 1.807) is 6.20 Å². The molecule has 0 spiro atoms. The Balaban J connectivity index is 2.19. The second-order valence-electron chi connectivity index (χ2n) is 10.5. The molecule has 0 bridgehead atoms. The van der Waals surface area contributed by atoms with Crippen molar-refractivity contribution < 1.29 is 39.0 Å². The SMILES string of the molecule is CCCCCCCCCC(=O)NC(Cc1c[nH]c2ccccc12)C(=O)NC(CC(=O)O)C(=O)NC(CC(=O)O)C(=O)NC. The zero-order valence-corrected chi connectivity index (χ0v) is 24.7. The van der Waals surface area contributed by atoms with Crippen molar-refractivity contribution in [3.63, 3.8) is 0 Å². The number of amides is 4. The van der Waals surface area contributed by atoms with Gasteiger partial charge in [-0.15, -0.1) is 0 Å². The summed E-state index contributed by atoms with van der Waals surface area (Å²) in [5, 5.41) is 28.9. The Morgan fingerprint density at radius 2 is 1.30 bits per heavy atom. The first-order valence-electron chi connectivity index (χ1n) is 14.7. The molecular formula is C30H43N5O8. The fraction of sp³-hybridized carbons (Fsp3) is 0.533. The monoisotopic (exact) mass is 601 g/mol. The van der Waals surface area contributed by atoms with Gasteiger partial charge in [0.15, 0.2) is 0 Å². The highest BCUT2D eigenvalue weighted by Crippen LogP contribution is 2.19. The third-order valence-corrected chi connectivity index (χ3v) is 7.03. The molecule has 0 saturated carbocycles. The first-order valence-corrected chi connectivity index (χ1v) is 14.7. The Hall–Kier alpha value is -4.42. The minimum Gasteiger partial charge on any atom is -0.481 e. The number of carboxylic acid groups (broad SMARTS) is 2. The van der Waals surface area contributed by atoms with Crippen LogP contribution in [0.1, 0.15) is 76.7 Å². The number of likely N-dealkylation sites (N-methyl/N-ethyl adjacent to an activating group) is 1. The number of benzene rings is 1. The number of unbranched alkanes of at least 4 members (excludes halogenated alkanes) is 6. The lowest BCUT2D eigenvalue weighted by molar-refractivity contribution is -0.143. The molecule has 43 heavy (non-hydrogen) atoms. The number of rotatable bonds is 20. The van der Waals surface area contributed by atoms with E-state index in [1.807, 2.05) is 24.3 Å². The summed E-state index contributed by atoms with van der Waals surface area (Å²) < 4.78 is 0. The van der Waals surface area contributed by atoms with E-state index >= 15 is 0 Å². The topological polar surface area (TPSA) is 207 Å². The maximum atomic E-state index is 13.5. The van der Waals surface area contributed by atoms with Crippen LogP contribution < -0.4 is 21.3 Å². The molecule has 1 aromatic heterocycles. The van der Waals surface area contributed by atoms with Crippen molar-refractivity contribution in [2.24, 2.45) is 0 Å². The fourth-order valence-corrected chi connectivity index (χ4v) is 4.73.